The molecule has 1 heterocycles. The largest absolute Gasteiger partial charge is 0.493 e. The van der Waals surface area contributed by atoms with Crippen LogP contribution in [-0.4, -0.2) is 46.5 Å². The molecule has 10 nitrogen and oxygen atoms in total. The highest BCUT2D eigenvalue weighted by molar-refractivity contribution is 7.90. The number of pyridine rings is 1. The first-order chi connectivity index (χ1) is 16.6. The number of methoxy groups -OCH3 is 3. The van der Waals surface area contributed by atoms with Crippen molar-refractivity contribution < 1.29 is 32.2 Å². The lowest BCUT2D eigenvalue weighted by Gasteiger charge is -2.15. The van der Waals surface area contributed by atoms with Crippen LogP contribution in [0, 0.1) is 0 Å². The van der Waals surface area contributed by atoms with Gasteiger partial charge < -0.3 is 19.5 Å². The van der Waals surface area contributed by atoms with Crippen molar-refractivity contribution in [1.29, 1.82) is 0 Å². The summed E-state index contributed by atoms with van der Waals surface area (Å²) < 4.78 is 43.3. The van der Waals surface area contributed by atoms with E-state index in [1.54, 1.807) is 0 Å². The van der Waals surface area contributed by atoms with Crippen LogP contribution in [0.3, 0.4) is 0 Å². The molecule has 2 N–H and O–H groups in total. The van der Waals surface area contributed by atoms with Gasteiger partial charge in [-0.1, -0.05) is 23.2 Å². The first kappa shape index (κ1) is 26.1. The highest BCUT2D eigenvalue weighted by Gasteiger charge is 2.24. The summed E-state index contributed by atoms with van der Waals surface area (Å²) in [6, 6.07) is 9.27. The molecular weight excluding hydrogens is 521 g/mol. The molecule has 3 rings (SSSR count). The Morgan fingerprint density at radius 1 is 0.857 bits per heavy atom. The quantitative estimate of drug-likeness (QED) is 0.413. The fourth-order valence-electron chi connectivity index (χ4n) is 2.95. The third kappa shape index (κ3) is 5.94. The molecule has 0 aliphatic heterocycles. The minimum absolute atomic E-state index is 0.0367. The normalized spacial score (nSPS) is 10.9. The van der Waals surface area contributed by atoms with Gasteiger partial charge in [0.1, 0.15) is 10.0 Å². The summed E-state index contributed by atoms with van der Waals surface area (Å²) in [5, 5.41) is 2.57. The molecule has 0 saturated carbocycles. The van der Waals surface area contributed by atoms with E-state index < -0.39 is 26.7 Å². The van der Waals surface area contributed by atoms with Gasteiger partial charge in [-0.05, 0) is 30.3 Å². The maximum atomic E-state index is 12.9. The molecule has 0 saturated heterocycles. The highest BCUT2D eigenvalue weighted by Crippen LogP contribution is 2.40. The number of aromatic nitrogens is 1. The number of nitrogens with one attached hydrogen (secondary N) is 2. The molecule has 0 fully saturated rings. The van der Waals surface area contributed by atoms with Gasteiger partial charge in [0.15, 0.2) is 11.5 Å². The van der Waals surface area contributed by atoms with E-state index in [4.69, 9.17) is 37.4 Å². The van der Waals surface area contributed by atoms with Crippen molar-refractivity contribution in [3.8, 4) is 17.2 Å². The van der Waals surface area contributed by atoms with Gasteiger partial charge >= 0.3 is 0 Å². The molecule has 35 heavy (non-hydrogen) atoms. The SMILES string of the molecule is COc1cc(NC(=O)c2ccc(Cl)c(S(=O)(=O)NC(=O)c3ccc(Cl)nc3)c2)cc(OC)c1OC. The standard InChI is InChI=1S/C22H19Cl2N3O7S/c1-32-16-9-14(10-17(33-2)20(16)34-3)26-21(28)12-4-6-15(23)18(8-12)35(30,31)27-22(29)13-5-7-19(24)25-11-13/h4-11H,1-3H3,(H,26,28)(H,27,29). The summed E-state index contributed by atoms with van der Waals surface area (Å²) in [4.78, 5) is 28.5. The number of carbonyl (C=O) groups is 2. The predicted octanol–water partition coefficient (Wildman–Crippen LogP) is 3.79. The Kier molecular flexibility index (Phi) is 8.05. The number of carbonyl (C=O) groups excluding carboxylic acids is 2. The van der Waals surface area contributed by atoms with Gasteiger partial charge in [0.25, 0.3) is 21.8 Å². The zero-order valence-corrected chi connectivity index (χ0v) is 20.9. The summed E-state index contributed by atoms with van der Waals surface area (Å²) in [6.07, 6.45) is 1.12. The minimum atomic E-state index is -4.44. The first-order valence-corrected chi connectivity index (χ1v) is 11.9. The second-order valence-electron chi connectivity index (χ2n) is 6.82. The Morgan fingerprint density at radius 2 is 1.49 bits per heavy atom. The van der Waals surface area contributed by atoms with Crippen LogP contribution in [0.4, 0.5) is 5.69 Å². The van der Waals surface area contributed by atoms with Gasteiger partial charge in [0, 0.05) is 29.6 Å². The Hall–Kier alpha value is -3.54. The van der Waals surface area contributed by atoms with E-state index in [1.807, 2.05) is 4.72 Å². The summed E-state index contributed by atoms with van der Waals surface area (Å²) in [5.74, 6) is -0.653. The molecular formula is C22H19Cl2N3O7S. The number of rotatable bonds is 8. The van der Waals surface area contributed by atoms with Gasteiger partial charge in [-0.15, -0.1) is 0 Å². The topological polar surface area (TPSA) is 133 Å². The van der Waals surface area contributed by atoms with E-state index in [2.05, 4.69) is 10.3 Å². The van der Waals surface area contributed by atoms with Crippen LogP contribution in [0.25, 0.3) is 0 Å². The highest BCUT2D eigenvalue weighted by atomic mass is 35.5. The number of amides is 2. The monoisotopic (exact) mass is 539 g/mol. The molecule has 0 spiro atoms. The van der Waals surface area contributed by atoms with Crippen LogP contribution >= 0.6 is 23.2 Å². The average molecular weight is 540 g/mol. The van der Waals surface area contributed by atoms with Crippen LogP contribution in [0.1, 0.15) is 20.7 Å². The Bertz CT molecular complexity index is 1360. The number of ether oxygens (including phenoxy) is 3. The van der Waals surface area contributed by atoms with Crippen molar-refractivity contribution in [1.82, 2.24) is 9.71 Å². The lowest BCUT2D eigenvalue weighted by Crippen LogP contribution is -2.31. The van der Waals surface area contributed by atoms with E-state index in [-0.39, 0.29) is 21.3 Å². The second kappa shape index (κ2) is 10.8. The number of anilines is 1. The van der Waals surface area contributed by atoms with Crippen molar-refractivity contribution in [2.75, 3.05) is 26.6 Å². The lowest BCUT2D eigenvalue weighted by molar-refractivity contribution is 0.0979. The van der Waals surface area contributed by atoms with Crippen LogP contribution in [0.5, 0.6) is 17.2 Å². The predicted molar refractivity (Wildman–Crippen MR) is 129 cm³/mol. The van der Waals surface area contributed by atoms with E-state index in [9.17, 15) is 18.0 Å². The Labute approximate surface area is 211 Å². The molecule has 0 aliphatic rings. The number of sulfonamides is 1. The summed E-state index contributed by atoms with van der Waals surface area (Å²) in [5.41, 5.74) is 0.224. The number of nitrogens with zero attached hydrogens (tertiary/aromatic N) is 1. The average Bonchev–Trinajstić information content (AvgIpc) is 2.83. The molecule has 0 unspecified atom stereocenters. The van der Waals surface area contributed by atoms with Crippen molar-refractivity contribution in [2.24, 2.45) is 0 Å². The van der Waals surface area contributed by atoms with Crippen LogP contribution < -0.4 is 24.2 Å². The van der Waals surface area contributed by atoms with E-state index in [0.717, 1.165) is 12.3 Å². The maximum absolute atomic E-state index is 12.9. The summed E-state index contributed by atoms with van der Waals surface area (Å²) in [7, 11) is -0.147. The third-order valence-electron chi connectivity index (χ3n) is 4.62. The molecule has 0 bridgehead atoms. The molecule has 184 valence electrons. The van der Waals surface area contributed by atoms with E-state index in [0.29, 0.717) is 22.9 Å². The maximum Gasteiger partial charge on any atom is 0.266 e. The van der Waals surface area contributed by atoms with E-state index in [1.165, 1.54) is 57.7 Å². The first-order valence-electron chi connectivity index (χ1n) is 9.69. The van der Waals surface area contributed by atoms with Gasteiger partial charge in [0.2, 0.25) is 5.75 Å². The van der Waals surface area contributed by atoms with Crippen LogP contribution in [0.15, 0.2) is 53.6 Å². The van der Waals surface area contributed by atoms with Gasteiger partial charge in [-0.3, -0.25) is 9.59 Å². The molecule has 0 aliphatic carbocycles. The number of hydrogen-bond donors (Lipinski definition) is 2. The van der Waals surface area contributed by atoms with Crippen molar-refractivity contribution >= 4 is 50.7 Å². The van der Waals surface area contributed by atoms with Crippen molar-refractivity contribution in [3.05, 3.63) is 70.0 Å². The zero-order chi connectivity index (χ0) is 25.8. The fraction of sp³-hybridized carbons (Fsp3) is 0.136. The zero-order valence-electron chi connectivity index (χ0n) is 18.6. The molecule has 2 amide bonds. The summed E-state index contributed by atoms with van der Waals surface area (Å²) in [6.45, 7) is 0. The van der Waals surface area contributed by atoms with Gasteiger partial charge in [0.05, 0.1) is 31.9 Å². The van der Waals surface area contributed by atoms with Crippen molar-refractivity contribution in [3.63, 3.8) is 0 Å². The van der Waals surface area contributed by atoms with Gasteiger partial charge in [-0.2, -0.15) is 0 Å². The fourth-order valence-corrected chi connectivity index (χ4v) is 4.57. The Morgan fingerprint density at radius 3 is 2.03 bits per heavy atom. The Balaban J connectivity index is 1.88. The number of hydrogen-bond acceptors (Lipinski definition) is 8. The second-order valence-corrected chi connectivity index (χ2v) is 9.26. The lowest BCUT2D eigenvalue weighted by atomic mass is 10.2. The van der Waals surface area contributed by atoms with Crippen LogP contribution in [0.2, 0.25) is 10.2 Å². The molecule has 0 radical (unpaired) electrons. The number of halogens is 2. The smallest absolute Gasteiger partial charge is 0.266 e. The molecule has 1 aromatic heterocycles. The van der Waals surface area contributed by atoms with Crippen molar-refractivity contribution in [2.45, 2.75) is 4.90 Å². The summed E-state index contributed by atoms with van der Waals surface area (Å²) >= 11 is 11.8. The molecule has 2 aromatic carbocycles. The minimum Gasteiger partial charge on any atom is -0.493 e. The third-order valence-corrected chi connectivity index (χ3v) is 6.66. The molecule has 0 atom stereocenters. The number of benzene rings is 2. The molecule has 3 aromatic rings. The van der Waals surface area contributed by atoms with Crippen LogP contribution in [-0.2, 0) is 10.0 Å². The van der Waals surface area contributed by atoms with E-state index >= 15 is 0 Å². The molecule has 13 heteroatoms. The van der Waals surface area contributed by atoms with Gasteiger partial charge in [-0.25, -0.2) is 18.1 Å².